The van der Waals surface area contributed by atoms with E-state index in [1.807, 2.05) is 6.07 Å². The Hall–Kier alpha value is -0.820. The van der Waals surface area contributed by atoms with Gasteiger partial charge >= 0.3 is 0 Å². The number of benzene rings is 1. The molecule has 0 bridgehead atoms. The standard InChI is InChI=1S/C16H27BrN2O3/c1-3-9-22-16-13(10-14(17)11-15(16)21-2)12-19-6-4-5-18-7-8-20/h10-11,18-20H,3-9,12H2,1-2H3. The molecule has 0 fully saturated rings. The summed E-state index contributed by atoms with van der Waals surface area (Å²) < 4.78 is 12.2. The average Bonchev–Trinajstić information content (AvgIpc) is 2.52. The summed E-state index contributed by atoms with van der Waals surface area (Å²) in [7, 11) is 1.66. The van der Waals surface area contributed by atoms with Crippen LogP contribution in [0.1, 0.15) is 25.3 Å². The summed E-state index contributed by atoms with van der Waals surface area (Å²) in [5, 5.41) is 15.3. The summed E-state index contributed by atoms with van der Waals surface area (Å²) in [4.78, 5) is 0. The van der Waals surface area contributed by atoms with E-state index < -0.39 is 0 Å². The van der Waals surface area contributed by atoms with Crippen molar-refractivity contribution in [3.8, 4) is 11.5 Å². The second kappa shape index (κ2) is 11.7. The van der Waals surface area contributed by atoms with E-state index in [0.29, 0.717) is 13.2 Å². The Balaban J connectivity index is 2.54. The largest absolute Gasteiger partial charge is 0.493 e. The van der Waals surface area contributed by atoms with Crippen LogP contribution in [0.2, 0.25) is 0 Å². The molecule has 0 aliphatic rings. The minimum atomic E-state index is 0.184. The summed E-state index contributed by atoms with van der Waals surface area (Å²) in [6.07, 6.45) is 1.97. The number of ether oxygens (including phenoxy) is 2. The van der Waals surface area contributed by atoms with Crippen LogP contribution in [0, 0.1) is 0 Å². The van der Waals surface area contributed by atoms with Crippen molar-refractivity contribution >= 4 is 15.9 Å². The van der Waals surface area contributed by atoms with Gasteiger partial charge in [-0.15, -0.1) is 0 Å². The van der Waals surface area contributed by atoms with Gasteiger partial charge in [0.05, 0.1) is 20.3 Å². The van der Waals surface area contributed by atoms with Crippen LogP contribution in [0.4, 0.5) is 0 Å². The molecular weight excluding hydrogens is 348 g/mol. The van der Waals surface area contributed by atoms with Gasteiger partial charge in [0.1, 0.15) is 0 Å². The third-order valence-corrected chi connectivity index (χ3v) is 3.54. The van der Waals surface area contributed by atoms with Crippen molar-refractivity contribution in [2.45, 2.75) is 26.3 Å². The van der Waals surface area contributed by atoms with E-state index in [2.05, 4.69) is 39.6 Å². The smallest absolute Gasteiger partial charge is 0.165 e. The van der Waals surface area contributed by atoms with Gasteiger partial charge in [-0.05, 0) is 38.1 Å². The molecule has 0 aromatic heterocycles. The molecule has 0 unspecified atom stereocenters. The Kier molecular flexibility index (Phi) is 10.2. The van der Waals surface area contributed by atoms with Crippen molar-refractivity contribution in [3.05, 3.63) is 22.2 Å². The maximum absolute atomic E-state index is 8.69. The maximum Gasteiger partial charge on any atom is 0.165 e. The van der Waals surface area contributed by atoms with E-state index >= 15 is 0 Å². The Morgan fingerprint density at radius 3 is 2.64 bits per heavy atom. The highest BCUT2D eigenvalue weighted by atomic mass is 79.9. The molecule has 0 radical (unpaired) electrons. The van der Waals surface area contributed by atoms with E-state index in [-0.39, 0.29) is 6.61 Å². The molecule has 1 aromatic rings. The lowest BCUT2D eigenvalue weighted by Gasteiger charge is -2.16. The molecule has 0 saturated carbocycles. The summed E-state index contributed by atoms with van der Waals surface area (Å²) in [5.41, 5.74) is 1.09. The third kappa shape index (κ3) is 6.96. The Morgan fingerprint density at radius 2 is 1.95 bits per heavy atom. The van der Waals surface area contributed by atoms with Gasteiger partial charge in [-0.1, -0.05) is 22.9 Å². The van der Waals surface area contributed by atoms with Crippen LogP contribution in [0.25, 0.3) is 0 Å². The van der Waals surface area contributed by atoms with Crippen LogP contribution < -0.4 is 20.1 Å². The fourth-order valence-corrected chi connectivity index (χ4v) is 2.52. The molecule has 22 heavy (non-hydrogen) atoms. The zero-order chi connectivity index (χ0) is 16.2. The average molecular weight is 375 g/mol. The predicted octanol–water partition coefficient (Wildman–Crippen LogP) is 2.31. The number of halogens is 1. The van der Waals surface area contributed by atoms with E-state index in [0.717, 1.165) is 54.0 Å². The first-order valence-corrected chi connectivity index (χ1v) is 8.53. The summed E-state index contributed by atoms with van der Waals surface area (Å²) in [6.45, 7) is 6.13. The van der Waals surface area contributed by atoms with Crippen LogP contribution in [0.3, 0.4) is 0 Å². The third-order valence-electron chi connectivity index (χ3n) is 3.08. The highest BCUT2D eigenvalue weighted by Gasteiger charge is 2.12. The number of hydrogen-bond acceptors (Lipinski definition) is 5. The number of methoxy groups -OCH3 is 1. The fraction of sp³-hybridized carbons (Fsp3) is 0.625. The Bertz CT molecular complexity index is 430. The monoisotopic (exact) mass is 374 g/mol. The van der Waals surface area contributed by atoms with Crippen molar-refractivity contribution in [1.82, 2.24) is 10.6 Å². The number of aliphatic hydroxyl groups excluding tert-OH is 1. The number of nitrogens with one attached hydrogen (secondary N) is 2. The molecule has 0 aliphatic heterocycles. The highest BCUT2D eigenvalue weighted by Crippen LogP contribution is 2.35. The normalized spacial score (nSPS) is 10.7. The Labute approximate surface area is 141 Å². The molecule has 0 spiro atoms. The molecule has 1 rings (SSSR count). The van der Waals surface area contributed by atoms with E-state index in [4.69, 9.17) is 14.6 Å². The first-order chi connectivity index (χ1) is 10.7. The van der Waals surface area contributed by atoms with E-state index in [1.54, 1.807) is 7.11 Å². The lowest BCUT2D eigenvalue weighted by molar-refractivity contribution is 0.289. The molecular formula is C16H27BrN2O3. The van der Waals surface area contributed by atoms with Gasteiger partial charge in [0, 0.05) is 23.1 Å². The Morgan fingerprint density at radius 1 is 1.18 bits per heavy atom. The molecule has 126 valence electrons. The van der Waals surface area contributed by atoms with Gasteiger partial charge < -0.3 is 25.2 Å². The van der Waals surface area contributed by atoms with Crippen LogP contribution in [0.5, 0.6) is 11.5 Å². The van der Waals surface area contributed by atoms with Gasteiger partial charge in [0.25, 0.3) is 0 Å². The molecule has 0 heterocycles. The maximum atomic E-state index is 8.69. The van der Waals surface area contributed by atoms with Gasteiger partial charge in [-0.25, -0.2) is 0 Å². The van der Waals surface area contributed by atoms with Gasteiger partial charge in [0.15, 0.2) is 11.5 Å². The number of aliphatic hydroxyl groups is 1. The second-order valence-corrected chi connectivity index (χ2v) is 5.86. The number of hydrogen-bond donors (Lipinski definition) is 3. The quantitative estimate of drug-likeness (QED) is 0.490. The van der Waals surface area contributed by atoms with Crippen molar-refractivity contribution in [1.29, 1.82) is 0 Å². The van der Waals surface area contributed by atoms with Crippen LogP contribution in [0.15, 0.2) is 16.6 Å². The molecule has 3 N–H and O–H groups in total. The molecule has 1 aromatic carbocycles. The lowest BCUT2D eigenvalue weighted by Crippen LogP contribution is -2.24. The zero-order valence-corrected chi connectivity index (χ0v) is 15.0. The lowest BCUT2D eigenvalue weighted by atomic mass is 10.1. The summed E-state index contributed by atoms with van der Waals surface area (Å²) in [5.74, 6) is 1.57. The molecule has 6 heteroatoms. The fourth-order valence-electron chi connectivity index (χ4n) is 2.04. The SMILES string of the molecule is CCCOc1c(CNCCCNCCO)cc(Br)cc1OC. The highest BCUT2D eigenvalue weighted by molar-refractivity contribution is 9.10. The van der Waals surface area contributed by atoms with Crippen molar-refractivity contribution < 1.29 is 14.6 Å². The molecule has 0 saturated heterocycles. The molecule has 0 amide bonds. The summed E-state index contributed by atoms with van der Waals surface area (Å²) in [6, 6.07) is 3.98. The van der Waals surface area contributed by atoms with Crippen LogP contribution in [-0.2, 0) is 6.54 Å². The van der Waals surface area contributed by atoms with Crippen LogP contribution in [-0.4, -0.2) is 45.1 Å². The number of rotatable bonds is 12. The van der Waals surface area contributed by atoms with E-state index in [9.17, 15) is 0 Å². The summed E-state index contributed by atoms with van der Waals surface area (Å²) >= 11 is 3.51. The van der Waals surface area contributed by atoms with Crippen molar-refractivity contribution in [2.75, 3.05) is 40.0 Å². The zero-order valence-electron chi connectivity index (χ0n) is 13.5. The van der Waals surface area contributed by atoms with Gasteiger partial charge in [-0.3, -0.25) is 0 Å². The van der Waals surface area contributed by atoms with Crippen molar-refractivity contribution in [2.24, 2.45) is 0 Å². The van der Waals surface area contributed by atoms with Crippen molar-refractivity contribution in [3.63, 3.8) is 0 Å². The first kappa shape index (κ1) is 19.2. The van der Waals surface area contributed by atoms with Gasteiger partial charge in [0.2, 0.25) is 0 Å². The molecule has 0 aliphatic carbocycles. The first-order valence-electron chi connectivity index (χ1n) is 7.74. The van der Waals surface area contributed by atoms with Crippen LogP contribution >= 0.6 is 15.9 Å². The molecule has 0 atom stereocenters. The second-order valence-electron chi connectivity index (χ2n) is 4.95. The van der Waals surface area contributed by atoms with E-state index in [1.165, 1.54) is 0 Å². The predicted molar refractivity (Wildman–Crippen MR) is 92.8 cm³/mol. The minimum absolute atomic E-state index is 0.184. The minimum Gasteiger partial charge on any atom is -0.493 e. The van der Waals surface area contributed by atoms with Gasteiger partial charge in [-0.2, -0.15) is 0 Å². The topological polar surface area (TPSA) is 62.8 Å². The molecule has 5 nitrogen and oxygen atoms in total.